The van der Waals surface area contributed by atoms with E-state index in [1.54, 1.807) is 0 Å². The van der Waals surface area contributed by atoms with Crippen LogP contribution in [-0.4, -0.2) is 32.5 Å². The van der Waals surface area contributed by atoms with Gasteiger partial charge in [0.2, 0.25) is 0 Å². The van der Waals surface area contributed by atoms with Crippen molar-refractivity contribution in [2.24, 2.45) is 5.73 Å². The van der Waals surface area contributed by atoms with Gasteiger partial charge in [-0.25, -0.2) is 8.78 Å². The van der Waals surface area contributed by atoms with Crippen molar-refractivity contribution in [1.82, 2.24) is 5.32 Å². The molecule has 0 amide bonds. The average Bonchev–Trinajstić information content (AvgIpc) is 2.93. The first-order valence-electron chi connectivity index (χ1n) is 12.8. The Balaban J connectivity index is 1.79. The summed E-state index contributed by atoms with van der Waals surface area (Å²) in [4.78, 5) is 0. The summed E-state index contributed by atoms with van der Waals surface area (Å²) in [6, 6.07) is 18.5. The van der Waals surface area contributed by atoms with Gasteiger partial charge in [-0.05, 0) is 82.6 Å². The summed E-state index contributed by atoms with van der Waals surface area (Å²) in [5.74, 6) is 0.0762. The number of ether oxygens (including phenoxy) is 2. The zero-order valence-corrected chi connectivity index (χ0v) is 22.7. The Labute approximate surface area is 228 Å². The fraction of sp³-hybridized carbons (Fsp3) is 0.250. The second-order valence-electron chi connectivity index (χ2n) is 9.34. The molecule has 4 N–H and O–H groups in total. The highest BCUT2D eigenvalue weighted by Crippen LogP contribution is 2.39. The third kappa shape index (κ3) is 5.66. The molecule has 39 heavy (non-hydrogen) atoms. The maximum absolute atomic E-state index is 15.2. The van der Waals surface area contributed by atoms with Crippen molar-refractivity contribution in [2.75, 3.05) is 27.4 Å². The van der Waals surface area contributed by atoms with Gasteiger partial charge in [-0.3, -0.25) is 0 Å². The Hall–Kier alpha value is -3.78. The van der Waals surface area contributed by atoms with Crippen LogP contribution in [0.5, 0.6) is 11.5 Å². The number of hydrogen-bond acceptors (Lipinski definition) is 5. The maximum Gasteiger partial charge on any atom is 0.132 e. The summed E-state index contributed by atoms with van der Waals surface area (Å²) in [6.45, 7) is 4.65. The Kier molecular flexibility index (Phi) is 8.97. The van der Waals surface area contributed by atoms with Crippen molar-refractivity contribution in [3.05, 3.63) is 94.6 Å². The van der Waals surface area contributed by atoms with E-state index in [0.717, 1.165) is 33.4 Å². The predicted molar refractivity (Wildman–Crippen MR) is 152 cm³/mol. The van der Waals surface area contributed by atoms with Gasteiger partial charge in [0.1, 0.15) is 23.1 Å². The molecule has 0 aliphatic rings. The van der Waals surface area contributed by atoms with Crippen molar-refractivity contribution in [3.8, 4) is 44.9 Å². The van der Waals surface area contributed by atoms with Gasteiger partial charge in [0.25, 0.3) is 0 Å². The molecule has 0 unspecified atom stereocenters. The highest BCUT2D eigenvalue weighted by molar-refractivity contribution is 5.84. The molecule has 0 heterocycles. The number of methoxy groups -OCH3 is 2. The van der Waals surface area contributed by atoms with Crippen LogP contribution in [0.15, 0.2) is 60.7 Å². The van der Waals surface area contributed by atoms with Crippen molar-refractivity contribution in [2.45, 2.75) is 26.9 Å². The first-order valence-corrected chi connectivity index (χ1v) is 12.8. The number of nitrogens with two attached hydrogens (primary N) is 1. The normalized spacial score (nSPS) is 11.1. The highest BCUT2D eigenvalue weighted by Gasteiger charge is 2.18. The van der Waals surface area contributed by atoms with E-state index in [1.807, 2.05) is 62.4 Å². The molecular weight excluding hydrogens is 498 g/mol. The second-order valence-corrected chi connectivity index (χ2v) is 9.34. The second kappa shape index (κ2) is 12.4. The first kappa shape index (κ1) is 28.2. The topological polar surface area (TPSA) is 76.7 Å². The van der Waals surface area contributed by atoms with E-state index < -0.39 is 5.82 Å². The number of hydrogen-bond donors (Lipinski definition) is 3. The van der Waals surface area contributed by atoms with Crippen LogP contribution in [-0.2, 0) is 13.1 Å². The van der Waals surface area contributed by atoms with Crippen LogP contribution < -0.4 is 20.5 Å². The lowest BCUT2D eigenvalue weighted by atomic mass is 9.87. The van der Waals surface area contributed by atoms with Crippen molar-refractivity contribution in [1.29, 1.82) is 0 Å². The summed E-state index contributed by atoms with van der Waals surface area (Å²) >= 11 is 0. The molecule has 0 saturated heterocycles. The zero-order chi connectivity index (χ0) is 28.1. The van der Waals surface area contributed by atoms with E-state index >= 15 is 4.39 Å². The molecule has 0 aliphatic carbocycles. The van der Waals surface area contributed by atoms with Crippen LogP contribution in [0, 0.1) is 25.5 Å². The Morgan fingerprint density at radius 3 is 1.67 bits per heavy atom. The average molecular weight is 533 g/mol. The number of halogens is 2. The Morgan fingerprint density at radius 2 is 1.21 bits per heavy atom. The van der Waals surface area contributed by atoms with Crippen LogP contribution in [0.25, 0.3) is 33.4 Å². The third-order valence-electron chi connectivity index (χ3n) is 7.12. The SMILES string of the molecule is COc1cc(-c2cccc(-c3cccc(-c4cc(F)c(CNCCO)c(OC)c4)c3C)c2C)cc(F)c1CN. The van der Waals surface area contributed by atoms with Gasteiger partial charge >= 0.3 is 0 Å². The van der Waals surface area contributed by atoms with Gasteiger partial charge in [0.05, 0.1) is 20.8 Å². The lowest BCUT2D eigenvalue weighted by Crippen LogP contribution is -2.18. The molecule has 4 rings (SSSR count). The monoisotopic (exact) mass is 532 g/mol. The smallest absolute Gasteiger partial charge is 0.132 e. The quantitative estimate of drug-likeness (QED) is 0.214. The van der Waals surface area contributed by atoms with Crippen LogP contribution >= 0.6 is 0 Å². The van der Waals surface area contributed by atoms with E-state index in [0.29, 0.717) is 40.3 Å². The highest BCUT2D eigenvalue weighted by atomic mass is 19.1. The van der Waals surface area contributed by atoms with Gasteiger partial charge in [-0.15, -0.1) is 0 Å². The Bertz CT molecular complexity index is 1490. The summed E-state index contributed by atoms with van der Waals surface area (Å²) in [5.41, 5.74) is 13.6. The first-order chi connectivity index (χ1) is 18.8. The number of aliphatic hydroxyl groups excluding tert-OH is 1. The minimum Gasteiger partial charge on any atom is -0.496 e. The molecule has 0 aliphatic heterocycles. The van der Waals surface area contributed by atoms with E-state index in [9.17, 15) is 4.39 Å². The number of benzene rings is 4. The van der Waals surface area contributed by atoms with Gasteiger partial charge in [-0.1, -0.05) is 36.4 Å². The van der Waals surface area contributed by atoms with Gasteiger partial charge in [-0.2, -0.15) is 0 Å². The molecule has 204 valence electrons. The largest absolute Gasteiger partial charge is 0.496 e. The molecule has 0 spiro atoms. The summed E-state index contributed by atoms with van der Waals surface area (Å²) in [5, 5.41) is 12.0. The van der Waals surface area contributed by atoms with E-state index in [4.69, 9.17) is 20.3 Å². The minimum atomic E-state index is -0.402. The van der Waals surface area contributed by atoms with Crippen molar-refractivity contribution in [3.63, 3.8) is 0 Å². The molecule has 0 atom stereocenters. The minimum absolute atomic E-state index is 0.0316. The fourth-order valence-corrected chi connectivity index (χ4v) is 5.04. The lowest BCUT2D eigenvalue weighted by molar-refractivity contribution is 0.291. The molecule has 0 aromatic heterocycles. The third-order valence-corrected chi connectivity index (χ3v) is 7.12. The molecule has 0 fully saturated rings. The van der Waals surface area contributed by atoms with E-state index in [1.165, 1.54) is 26.4 Å². The summed E-state index contributed by atoms with van der Waals surface area (Å²) in [6.07, 6.45) is 0. The predicted octanol–water partition coefficient (Wildman–Crippen LogP) is 6.14. The molecule has 0 radical (unpaired) electrons. The number of rotatable bonds is 10. The lowest BCUT2D eigenvalue weighted by Gasteiger charge is -2.18. The summed E-state index contributed by atoms with van der Waals surface area (Å²) in [7, 11) is 3.02. The molecule has 4 aromatic rings. The van der Waals surface area contributed by atoms with Gasteiger partial charge in [0.15, 0.2) is 0 Å². The molecular formula is C32H34F2N2O3. The van der Waals surface area contributed by atoms with Crippen LogP contribution in [0.1, 0.15) is 22.3 Å². The van der Waals surface area contributed by atoms with E-state index in [2.05, 4.69) is 5.32 Å². The summed E-state index contributed by atoms with van der Waals surface area (Å²) < 4.78 is 40.9. The van der Waals surface area contributed by atoms with Crippen molar-refractivity contribution < 1.29 is 23.4 Å². The standard InChI is InChI=1S/C32H34F2N2O3/c1-19-23(21-13-29(33)27(17-35)31(15-21)38-3)7-5-9-25(19)26-10-6-8-24(20(26)2)22-14-30(34)28(18-36-11-12-37)32(16-22)39-4/h5-10,13-16,36-37H,11-12,17-18,35H2,1-4H3. The van der Waals surface area contributed by atoms with Gasteiger partial charge in [0, 0.05) is 30.8 Å². The van der Waals surface area contributed by atoms with E-state index in [-0.39, 0.29) is 25.5 Å². The maximum atomic E-state index is 15.2. The molecule has 7 heteroatoms. The molecule has 0 saturated carbocycles. The Morgan fingerprint density at radius 1 is 0.744 bits per heavy atom. The molecule has 0 bridgehead atoms. The van der Waals surface area contributed by atoms with Crippen molar-refractivity contribution >= 4 is 0 Å². The molecule has 5 nitrogen and oxygen atoms in total. The van der Waals surface area contributed by atoms with Crippen LogP contribution in [0.2, 0.25) is 0 Å². The molecule has 4 aromatic carbocycles. The number of aliphatic hydroxyl groups is 1. The van der Waals surface area contributed by atoms with Crippen LogP contribution in [0.4, 0.5) is 8.78 Å². The van der Waals surface area contributed by atoms with Gasteiger partial charge < -0.3 is 25.6 Å². The van der Waals surface area contributed by atoms with Crippen LogP contribution in [0.3, 0.4) is 0 Å². The fourth-order valence-electron chi connectivity index (χ4n) is 5.04. The number of nitrogens with one attached hydrogen (secondary N) is 1. The zero-order valence-electron chi connectivity index (χ0n) is 22.7.